The first-order valence-electron chi connectivity index (χ1n) is 6.18. The van der Waals surface area contributed by atoms with E-state index in [0.717, 1.165) is 37.1 Å². The number of fused-ring (bicyclic) bond motifs is 1. The van der Waals surface area contributed by atoms with Crippen LogP contribution in [0, 0.1) is 0 Å². The number of hydrogen-bond acceptors (Lipinski definition) is 3. The maximum Gasteiger partial charge on any atom is 0.219 e. The highest BCUT2D eigenvalue weighted by Gasteiger charge is 2.20. The predicted octanol–water partition coefficient (Wildman–Crippen LogP) is 1.23. The molecule has 1 aromatic carbocycles. The van der Waals surface area contributed by atoms with Gasteiger partial charge in [-0.15, -0.1) is 0 Å². The van der Waals surface area contributed by atoms with Crippen molar-refractivity contribution >= 4 is 22.5 Å². The summed E-state index contributed by atoms with van der Waals surface area (Å²) in [4.78, 5) is 15.5. The average molecular weight is 244 g/mol. The van der Waals surface area contributed by atoms with E-state index in [9.17, 15) is 4.79 Å². The monoisotopic (exact) mass is 244 g/mol. The number of anilines is 1. The molecule has 0 bridgehead atoms. The number of amides is 1. The van der Waals surface area contributed by atoms with Crippen LogP contribution in [0.1, 0.15) is 6.92 Å². The van der Waals surface area contributed by atoms with E-state index in [1.54, 1.807) is 6.92 Å². The van der Waals surface area contributed by atoms with Gasteiger partial charge in [-0.2, -0.15) is 5.10 Å². The summed E-state index contributed by atoms with van der Waals surface area (Å²) in [6.45, 7) is 4.96. The SMILES string of the molecule is CC(=O)N1CCN(c2cccc3cn[nH]c23)CC1. The first-order valence-corrected chi connectivity index (χ1v) is 6.18. The summed E-state index contributed by atoms with van der Waals surface area (Å²) < 4.78 is 0. The smallest absolute Gasteiger partial charge is 0.219 e. The molecule has 0 atom stereocenters. The van der Waals surface area contributed by atoms with Gasteiger partial charge >= 0.3 is 0 Å². The van der Waals surface area contributed by atoms with Gasteiger partial charge in [0, 0.05) is 38.5 Å². The number of aromatic amines is 1. The molecule has 0 spiro atoms. The normalized spacial score (nSPS) is 16.3. The summed E-state index contributed by atoms with van der Waals surface area (Å²) in [6.07, 6.45) is 1.84. The highest BCUT2D eigenvalue weighted by Crippen LogP contribution is 2.25. The zero-order valence-electron chi connectivity index (χ0n) is 10.4. The van der Waals surface area contributed by atoms with Crippen LogP contribution in [-0.4, -0.2) is 47.2 Å². The molecule has 1 amide bonds. The number of H-pyrrole nitrogens is 1. The molecule has 0 unspecified atom stereocenters. The van der Waals surface area contributed by atoms with Crippen molar-refractivity contribution in [2.75, 3.05) is 31.1 Å². The highest BCUT2D eigenvalue weighted by atomic mass is 16.2. The average Bonchev–Trinajstić information content (AvgIpc) is 2.87. The molecule has 1 saturated heterocycles. The fourth-order valence-electron chi connectivity index (χ4n) is 2.48. The van der Waals surface area contributed by atoms with E-state index < -0.39 is 0 Å². The Balaban J connectivity index is 1.84. The third kappa shape index (κ3) is 1.81. The number of aromatic nitrogens is 2. The molecule has 94 valence electrons. The topological polar surface area (TPSA) is 52.2 Å². The molecule has 1 fully saturated rings. The van der Waals surface area contributed by atoms with Crippen molar-refractivity contribution in [2.45, 2.75) is 6.92 Å². The van der Waals surface area contributed by atoms with Crippen LogP contribution < -0.4 is 4.90 Å². The van der Waals surface area contributed by atoms with Gasteiger partial charge in [0.2, 0.25) is 5.91 Å². The summed E-state index contributed by atoms with van der Waals surface area (Å²) in [6, 6.07) is 6.20. The molecular formula is C13H16N4O. The molecule has 1 aromatic heterocycles. The molecule has 2 heterocycles. The Kier molecular flexibility index (Phi) is 2.66. The molecule has 3 rings (SSSR count). The van der Waals surface area contributed by atoms with Gasteiger partial charge in [0.1, 0.15) is 0 Å². The minimum atomic E-state index is 0.161. The maximum absolute atomic E-state index is 11.3. The lowest BCUT2D eigenvalue weighted by molar-refractivity contribution is -0.129. The Morgan fingerprint density at radius 1 is 1.28 bits per heavy atom. The minimum absolute atomic E-state index is 0.161. The maximum atomic E-state index is 11.3. The minimum Gasteiger partial charge on any atom is -0.366 e. The summed E-state index contributed by atoms with van der Waals surface area (Å²) in [5.41, 5.74) is 2.25. The van der Waals surface area contributed by atoms with E-state index in [0.29, 0.717) is 0 Å². The lowest BCUT2D eigenvalue weighted by Crippen LogP contribution is -2.48. The Hall–Kier alpha value is -2.04. The second-order valence-corrected chi connectivity index (χ2v) is 4.60. The molecule has 5 nitrogen and oxygen atoms in total. The van der Waals surface area contributed by atoms with E-state index in [-0.39, 0.29) is 5.91 Å². The molecule has 0 aliphatic carbocycles. The van der Waals surface area contributed by atoms with E-state index in [1.165, 1.54) is 5.69 Å². The Morgan fingerprint density at radius 2 is 2.06 bits per heavy atom. The Bertz CT molecular complexity index is 569. The lowest BCUT2D eigenvalue weighted by Gasteiger charge is -2.35. The van der Waals surface area contributed by atoms with Crippen molar-refractivity contribution in [1.29, 1.82) is 0 Å². The van der Waals surface area contributed by atoms with E-state index in [4.69, 9.17) is 0 Å². The summed E-state index contributed by atoms with van der Waals surface area (Å²) >= 11 is 0. The Labute approximate surface area is 105 Å². The zero-order valence-corrected chi connectivity index (χ0v) is 10.4. The van der Waals surface area contributed by atoms with Gasteiger partial charge in [0.25, 0.3) is 0 Å². The van der Waals surface area contributed by atoms with Gasteiger partial charge in [-0.1, -0.05) is 12.1 Å². The largest absolute Gasteiger partial charge is 0.366 e. The van der Waals surface area contributed by atoms with E-state index >= 15 is 0 Å². The molecule has 0 saturated carbocycles. The summed E-state index contributed by atoms with van der Waals surface area (Å²) in [5, 5.41) is 8.26. The summed E-state index contributed by atoms with van der Waals surface area (Å²) in [7, 11) is 0. The van der Waals surface area contributed by atoms with E-state index in [1.807, 2.05) is 23.2 Å². The summed E-state index contributed by atoms with van der Waals surface area (Å²) in [5.74, 6) is 0.161. The Morgan fingerprint density at radius 3 is 2.78 bits per heavy atom. The molecule has 5 heteroatoms. The van der Waals surface area contributed by atoms with Crippen LogP contribution >= 0.6 is 0 Å². The number of rotatable bonds is 1. The third-order valence-electron chi connectivity index (χ3n) is 3.52. The van der Waals surface area contributed by atoms with Crippen LogP contribution in [-0.2, 0) is 4.79 Å². The van der Waals surface area contributed by atoms with Gasteiger partial charge < -0.3 is 9.80 Å². The lowest BCUT2D eigenvalue weighted by atomic mass is 10.2. The number of hydrogen-bond donors (Lipinski definition) is 1. The predicted molar refractivity (Wildman–Crippen MR) is 70.6 cm³/mol. The van der Waals surface area contributed by atoms with Gasteiger partial charge in [-0.05, 0) is 6.07 Å². The first-order chi connectivity index (χ1) is 8.75. The highest BCUT2D eigenvalue weighted by molar-refractivity contribution is 5.90. The zero-order chi connectivity index (χ0) is 12.5. The number of nitrogens with zero attached hydrogens (tertiary/aromatic N) is 3. The van der Waals surface area contributed by atoms with Crippen LogP contribution in [0.15, 0.2) is 24.4 Å². The molecule has 1 aliphatic heterocycles. The molecule has 2 aromatic rings. The van der Waals surface area contributed by atoms with Crippen molar-refractivity contribution in [3.05, 3.63) is 24.4 Å². The van der Waals surface area contributed by atoms with Gasteiger partial charge in [-0.25, -0.2) is 0 Å². The van der Waals surface area contributed by atoms with Crippen LogP contribution in [0.2, 0.25) is 0 Å². The standard InChI is InChI=1S/C13H16N4O/c1-10(18)16-5-7-17(8-6-16)12-4-2-3-11-9-14-15-13(11)12/h2-4,9H,5-8H2,1H3,(H,14,15). The van der Waals surface area contributed by atoms with Crippen LogP contribution in [0.25, 0.3) is 10.9 Å². The number of carbonyl (C=O) groups excluding carboxylic acids is 1. The van der Waals surface area contributed by atoms with Gasteiger partial charge in [-0.3, -0.25) is 9.89 Å². The molecule has 1 aliphatic rings. The quantitative estimate of drug-likeness (QED) is 0.821. The number of carbonyl (C=O) groups is 1. The fraction of sp³-hybridized carbons (Fsp3) is 0.385. The molecular weight excluding hydrogens is 228 g/mol. The van der Waals surface area contributed by atoms with Crippen LogP contribution in [0.4, 0.5) is 5.69 Å². The number of para-hydroxylation sites is 1. The second-order valence-electron chi connectivity index (χ2n) is 4.60. The molecule has 1 N–H and O–H groups in total. The van der Waals surface area contributed by atoms with Crippen molar-refractivity contribution in [3.8, 4) is 0 Å². The van der Waals surface area contributed by atoms with Crippen molar-refractivity contribution in [3.63, 3.8) is 0 Å². The van der Waals surface area contributed by atoms with Gasteiger partial charge in [0.05, 0.1) is 17.4 Å². The van der Waals surface area contributed by atoms with Crippen LogP contribution in [0.5, 0.6) is 0 Å². The number of nitrogens with one attached hydrogen (secondary N) is 1. The second kappa shape index (κ2) is 4.33. The van der Waals surface area contributed by atoms with E-state index in [2.05, 4.69) is 21.2 Å². The third-order valence-corrected chi connectivity index (χ3v) is 3.52. The van der Waals surface area contributed by atoms with Crippen molar-refractivity contribution in [1.82, 2.24) is 15.1 Å². The van der Waals surface area contributed by atoms with Crippen molar-refractivity contribution in [2.24, 2.45) is 0 Å². The van der Waals surface area contributed by atoms with Crippen molar-refractivity contribution < 1.29 is 4.79 Å². The van der Waals surface area contributed by atoms with Crippen LogP contribution in [0.3, 0.4) is 0 Å². The first kappa shape index (κ1) is 11.1. The van der Waals surface area contributed by atoms with Gasteiger partial charge in [0.15, 0.2) is 0 Å². The molecule has 0 radical (unpaired) electrons. The fourth-order valence-corrected chi connectivity index (χ4v) is 2.48. The number of benzene rings is 1. The molecule has 18 heavy (non-hydrogen) atoms. The number of piperazine rings is 1.